The molecule has 8 nitrogen and oxygen atoms in total. The smallest absolute Gasteiger partial charge is 0.338 e. The number of aryl methyl sites for hydroxylation is 2. The molecule has 0 atom stereocenters. The largest absolute Gasteiger partial charge is 0.492 e. The minimum atomic E-state index is -3.67. The van der Waals surface area contributed by atoms with Crippen LogP contribution in [0.3, 0.4) is 0 Å². The zero-order chi connectivity index (χ0) is 23.8. The molecule has 1 aliphatic rings. The molecule has 178 valence electrons. The Bertz CT molecular complexity index is 1090. The molecule has 1 aliphatic heterocycles. The number of nitrogens with one attached hydrogen (secondary N) is 1. The summed E-state index contributed by atoms with van der Waals surface area (Å²) >= 11 is 0. The van der Waals surface area contributed by atoms with Crippen molar-refractivity contribution >= 4 is 21.9 Å². The normalized spacial score (nSPS) is 14.5. The number of nitrogens with zero attached hydrogens (tertiary/aromatic N) is 1. The molecular weight excluding hydrogens is 444 g/mol. The molecule has 0 bridgehead atoms. The number of sulfonamides is 1. The second-order valence-electron chi connectivity index (χ2n) is 8.03. The van der Waals surface area contributed by atoms with Crippen molar-refractivity contribution in [2.24, 2.45) is 0 Å². The van der Waals surface area contributed by atoms with Crippen molar-refractivity contribution in [2.75, 3.05) is 32.8 Å². The number of ether oxygens (including phenoxy) is 2. The van der Waals surface area contributed by atoms with Gasteiger partial charge in [0.05, 0.1) is 17.0 Å². The third-order valence-electron chi connectivity index (χ3n) is 5.40. The summed E-state index contributed by atoms with van der Waals surface area (Å²) in [5.74, 6) is -0.495. The predicted octanol–water partition coefficient (Wildman–Crippen LogP) is 2.83. The Balaban J connectivity index is 1.51. The van der Waals surface area contributed by atoms with Gasteiger partial charge in [-0.2, -0.15) is 4.31 Å². The van der Waals surface area contributed by atoms with Crippen molar-refractivity contribution < 1.29 is 27.5 Å². The lowest BCUT2D eigenvalue weighted by molar-refractivity contribution is -0.124. The van der Waals surface area contributed by atoms with Crippen LogP contribution in [0, 0.1) is 13.8 Å². The molecule has 0 aliphatic carbocycles. The molecule has 0 saturated carbocycles. The molecule has 0 radical (unpaired) electrons. The minimum Gasteiger partial charge on any atom is -0.492 e. The molecule has 1 N–H and O–H groups in total. The van der Waals surface area contributed by atoms with Gasteiger partial charge >= 0.3 is 5.97 Å². The fourth-order valence-corrected chi connectivity index (χ4v) is 5.10. The van der Waals surface area contributed by atoms with Gasteiger partial charge in [-0.25, -0.2) is 13.2 Å². The van der Waals surface area contributed by atoms with Crippen LogP contribution in [0.4, 0.5) is 0 Å². The van der Waals surface area contributed by atoms with Gasteiger partial charge < -0.3 is 14.8 Å². The second kappa shape index (κ2) is 11.3. The lowest BCUT2D eigenvalue weighted by Gasteiger charge is -2.26. The first kappa shape index (κ1) is 24.7. The first-order valence-corrected chi connectivity index (χ1v) is 12.5. The summed E-state index contributed by atoms with van der Waals surface area (Å²) in [6.07, 6.45) is 2.66. The van der Waals surface area contributed by atoms with E-state index in [9.17, 15) is 18.0 Å². The van der Waals surface area contributed by atoms with Crippen molar-refractivity contribution in [3.05, 3.63) is 59.2 Å². The average molecular weight is 475 g/mol. The molecule has 1 heterocycles. The molecule has 1 fully saturated rings. The third-order valence-corrected chi connectivity index (χ3v) is 7.29. The number of hydrogen-bond acceptors (Lipinski definition) is 6. The van der Waals surface area contributed by atoms with Crippen molar-refractivity contribution in [1.29, 1.82) is 0 Å². The van der Waals surface area contributed by atoms with Crippen molar-refractivity contribution in [1.82, 2.24) is 9.62 Å². The van der Waals surface area contributed by atoms with Crippen molar-refractivity contribution in [3.63, 3.8) is 0 Å². The zero-order valence-corrected chi connectivity index (χ0v) is 19.8. The molecule has 1 amide bonds. The maximum absolute atomic E-state index is 12.9. The minimum absolute atomic E-state index is 0.0553. The molecule has 2 aromatic rings. The van der Waals surface area contributed by atoms with E-state index in [1.807, 2.05) is 31.2 Å². The molecule has 0 unspecified atom stereocenters. The van der Waals surface area contributed by atoms with E-state index < -0.39 is 28.5 Å². The summed E-state index contributed by atoms with van der Waals surface area (Å²) in [5.41, 5.74) is 1.78. The molecular formula is C24H30N2O6S. The lowest BCUT2D eigenvalue weighted by Crippen LogP contribution is -2.35. The summed E-state index contributed by atoms with van der Waals surface area (Å²) in [6.45, 7) is 4.67. The quantitative estimate of drug-likeness (QED) is 0.443. The monoisotopic (exact) mass is 474 g/mol. The number of piperidine rings is 1. The molecule has 9 heteroatoms. The van der Waals surface area contributed by atoms with Crippen LogP contribution in [0.25, 0.3) is 0 Å². The number of rotatable bonds is 9. The number of amides is 1. The van der Waals surface area contributed by atoms with Crippen molar-refractivity contribution in [3.8, 4) is 5.75 Å². The van der Waals surface area contributed by atoms with E-state index in [0.717, 1.165) is 24.8 Å². The lowest BCUT2D eigenvalue weighted by atomic mass is 10.1. The number of carbonyl (C=O) groups excluding carboxylic acids is 2. The first-order chi connectivity index (χ1) is 15.8. The van der Waals surface area contributed by atoms with Crippen LogP contribution in [0.5, 0.6) is 5.75 Å². The highest BCUT2D eigenvalue weighted by atomic mass is 32.2. The summed E-state index contributed by atoms with van der Waals surface area (Å²) in [4.78, 5) is 24.6. The van der Waals surface area contributed by atoms with Crippen LogP contribution < -0.4 is 10.1 Å². The van der Waals surface area contributed by atoms with Crippen LogP contribution in [-0.4, -0.2) is 57.4 Å². The molecule has 0 spiro atoms. The van der Waals surface area contributed by atoms with E-state index in [1.54, 1.807) is 13.0 Å². The van der Waals surface area contributed by atoms with Crippen LogP contribution >= 0.6 is 0 Å². The summed E-state index contributed by atoms with van der Waals surface area (Å²) < 4.78 is 37.9. The van der Waals surface area contributed by atoms with E-state index in [2.05, 4.69) is 5.32 Å². The summed E-state index contributed by atoms with van der Waals surface area (Å²) in [6, 6.07) is 12.0. The fourth-order valence-electron chi connectivity index (χ4n) is 3.56. The van der Waals surface area contributed by atoms with Gasteiger partial charge in [0, 0.05) is 13.1 Å². The standard InChI is InChI=1S/C24H30N2O6S/c1-18-7-6-8-20(15-18)31-14-11-25-23(27)17-32-24(28)22-16-21(10-9-19(22)2)33(29,30)26-12-4-3-5-13-26/h6-10,15-16H,3-5,11-14,17H2,1-2H3,(H,25,27). The van der Waals surface area contributed by atoms with Crippen LogP contribution in [0.2, 0.25) is 0 Å². The highest BCUT2D eigenvalue weighted by Gasteiger charge is 2.27. The maximum Gasteiger partial charge on any atom is 0.338 e. The van der Waals surface area contributed by atoms with Gasteiger partial charge in [0.15, 0.2) is 6.61 Å². The van der Waals surface area contributed by atoms with Crippen LogP contribution in [0.15, 0.2) is 47.4 Å². The highest BCUT2D eigenvalue weighted by molar-refractivity contribution is 7.89. The van der Waals surface area contributed by atoms with Gasteiger partial charge in [-0.1, -0.05) is 24.6 Å². The summed E-state index contributed by atoms with van der Waals surface area (Å²) in [7, 11) is -3.67. The maximum atomic E-state index is 12.9. The Morgan fingerprint density at radius 3 is 2.52 bits per heavy atom. The number of hydrogen-bond donors (Lipinski definition) is 1. The molecule has 3 rings (SSSR count). The first-order valence-electron chi connectivity index (χ1n) is 11.0. The van der Waals surface area contributed by atoms with E-state index in [4.69, 9.17) is 9.47 Å². The Kier molecular flexibility index (Phi) is 8.46. The van der Waals surface area contributed by atoms with Crippen LogP contribution in [0.1, 0.15) is 40.7 Å². The number of benzene rings is 2. The Hall–Kier alpha value is -2.91. The number of carbonyl (C=O) groups is 2. The molecule has 2 aromatic carbocycles. The average Bonchev–Trinajstić information content (AvgIpc) is 2.81. The molecule has 33 heavy (non-hydrogen) atoms. The Morgan fingerprint density at radius 1 is 1.03 bits per heavy atom. The van der Waals surface area contributed by atoms with Gasteiger partial charge in [-0.05, 0) is 62.1 Å². The van der Waals surface area contributed by atoms with E-state index in [0.29, 0.717) is 24.4 Å². The van der Waals surface area contributed by atoms with Gasteiger partial charge in [-0.15, -0.1) is 0 Å². The van der Waals surface area contributed by atoms with Gasteiger partial charge in [0.1, 0.15) is 12.4 Å². The van der Waals surface area contributed by atoms with Gasteiger partial charge in [0.25, 0.3) is 5.91 Å². The Morgan fingerprint density at radius 2 is 1.79 bits per heavy atom. The predicted molar refractivity (Wildman–Crippen MR) is 124 cm³/mol. The highest BCUT2D eigenvalue weighted by Crippen LogP contribution is 2.23. The second-order valence-corrected chi connectivity index (χ2v) is 9.97. The summed E-state index contributed by atoms with van der Waals surface area (Å²) in [5, 5.41) is 2.62. The van der Waals surface area contributed by atoms with E-state index in [1.165, 1.54) is 16.4 Å². The van der Waals surface area contributed by atoms with Crippen molar-refractivity contribution in [2.45, 2.75) is 38.0 Å². The SMILES string of the molecule is Cc1cccc(OCCNC(=O)COC(=O)c2cc(S(=O)(=O)N3CCCCC3)ccc2C)c1. The topological polar surface area (TPSA) is 102 Å². The van der Waals surface area contributed by atoms with E-state index in [-0.39, 0.29) is 23.6 Å². The molecule has 0 aromatic heterocycles. The van der Waals surface area contributed by atoms with E-state index >= 15 is 0 Å². The van der Waals surface area contributed by atoms with Crippen LogP contribution in [-0.2, 0) is 19.6 Å². The number of esters is 1. The zero-order valence-electron chi connectivity index (χ0n) is 19.0. The van der Waals surface area contributed by atoms with Gasteiger partial charge in [-0.3, -0.25) is 4.79 Å². The third kappa shape index (κ3) is 6.79. The molecule has 1 saturated heterocycles. The Labute approximate surface area is 194 Å². The van der Waals surface area contributed by atoms with Gasteiger partial charge in [0.2, 0.25) is 10.0 Å². The fraction of sp³-hybridized carbons (Fsp3) is 0.417.